The molecular weight excluding hydrogens is 358 g/mol. The van der Waals surface area contributed by atoms with E-state index in [0.717, 1.165) is 25.7 Å². The molecule has 1 atom stereocenters. The van der Waals surface area contributed by atoms with Crippen LogP contribution in [0.5, 0.6) is 0 Å². The second-order valence-corrected chi connectivity index (χ2v) is 8.06. The van der Waals surface area contributed by atoms with Crippen LogP contribution in [0, 0.1) is 0 Å². The molecule has 2 N–H and O–H groups in total. The molecule has 140 valence electrons. The summed E-state index contributed by atoms with van der Waals surface area (Å²) in [6, 6.07) is 5.59. The molecule has 1 amide bonds. The Morgan fingerprint density at radius 2 is 2.00 bits per heavy atom. The number of nitrogens with zero attached hydrogens (tertiary/aromatic N) is 1. The number of rotatable bonds is 5. The normalized spacial score (nSPS) is 21.0. The van der Waals surface area contributed by atoms with E-state index in [1.54, 1.807) is 18.2 Å². The number of carbonyl (C=O) groups is 2. The highest BCUT2D eigenvalue weighted by atomic mass is 32.2. The van der Waals surface area contributed by atoms with Crippen molar-refractivity contribution in [3.63, 3.8) is 0 Å². The molecule has 0 unspecified atom stereocenters. The van der Waals surface area contributed by atoms with Crippen molar-refractivity contribution in [2.45, 2.75) is 49.6 Å². The van der Waals surface area contributed by atoms with Gasteiger partial charge in [-0.1, -0.05) is 25.0 Å². The molecule has 26 heavy (non-hydrogen) atoms. The number of sulfonamides is 1. The molecule has 8 nitrogen and oxygen atoms in total. The average molecular weight is 379 g/mol. The predicted molar refractivity (Wildman–Crippen MR) is 94.1 cm³/mol. The van der Waals surface area contributed by atoms with E-state index in [2.05, 4.69) is 15.0 Å². The molecule has 1 saturated carbocycles. The molecule has 0 aromatic heterocycles. The summed E-state index contributed by atoms with van der Waals surface area (Å²) < 4.78 is 31.4. The van der Waals surface area contributed by atoms with Crippen molar-refractivity contribution in [3.8, 4) is 0 Å². The standard InChI is InChI=1S/C17H21N3O5S/c1-11(17(22)25-10-15(21)19-12-6-2-3-7-12)18-16-13-8-4-5-9-14(13)26(23,24)20-16/h4-5,8-9,11-12H,2-3,6-7,10H2,1H3,(H,18,20)(H,19,21)/t11-/m1/s1. The molecule has 1 aliphatic carbocycles. The van der Waals surface area contributed by atoms with Crippen LogP contribution in [0.3, 0.4) is 0 Å². The van der Waals surface area contributed by atoms with Crippen molar-refractivity contribution >= 4 is 27.7 Å². The SMILES string of the molecule is C[C@@H](N=C1NS(=O)(=O)c2ccccc21)C(=O)OCC(=O)NC1CCCC1. The van der Waals surface area contributed by atoms with Gasteiger partial charge in [-0.25, -0.2) is 13.2 Å². The Morgan fingerprint density at radius 1 is 1.31 bits per heavy atom. The summed E-state index contributed by atoms with van der Waals surface area (Å²) in [6.07, 6.45) is 4.08. The number of benzene rings is 1. The van der Waals surface area contributed by atoms with Crippen molar-refractivity contribution in [1.82, 2.24) is 10.0 Å². The average Bonchev–Trinajstić information content (AvgIpc) is 3.19. The second kappa shape index (κ2) is 7.45. The van der Waals surface area contributed by atoms with Gasteiger partial charge in [0.25, 0.3) is 15.9 Å². The summed E-state index contributed by atoms with van der Waals surface area (Å²) in [5.41, 5.74) is 0.408. The number of carbonyl (C=O) groups excluding carboxylic acids is 2. The molecule has 0 radical (unpaired) electrons. The van der Waals surface area contributed by atoms with E-state index in [-0.39, 0.29) is 29.3 Å². The van der Waals surface area contributed by atoms with Crippen LogP contribution in [0.2, 0.25) is 0 Å². The van der Waals surface area contributed by atoms with Gasteiger partial charge in [-0.15, -0.1) is 0 Å². The number of amides is 1. The fourth-order valence-electron chi connectivity index (χ4n) is 3.07. The third-order valence-electron chi connectivity index (χ3n) is 4.39. The number of ether oxygens (including phenoxy) is 1. The molecular formula is C17H21N3O5S. The topological polar surface area (TPSA) is 114 Å². The summed E-state index contributed by atoms with van der Waals surface area (Å²) in [5.74, 6) is -0.930. The summed E-state index contributed by atoms with van der Waals surface area (Å²) in [5, 5.41) is 2.83. The van der Waals surface area contributed by atoms with Crippen LogP contribution in [-0.2, 0) is 24.3 Å². The number of nitrogens with one attached hydrogen (secondary N) is 2. The number of esters is 1. The number of amidine groups is 1. The van der Waals surface area contributed by atoms with Crippen LogP contribution in [0.4, 0.5) is 0 Å². The third kappa shape index (κ3) is 4.04. The Balaban J connectivity index is 1.59. The second-order valence-electron chi connectivity index (χ2n) is 6.41. The van der Waals surface area contributed by atoms with Crippen LogP contribution in [0.1, 0.15) is 38.2 Å². The van der Waals surface area contributed by atoms with Gasteiger partial charge in [0.1, 0.15) is 11.9 Å². The highest BCUT2D eigenvalue weighted by Gasteiger charge is 2.31. The lowest BCUT2D eigenvalue weighted by Gasteiger charge is -2.13. The molecule has 0 saturated heterocycles. The van der Waals surface area contributed by atoms with E-state index in [1.807, 2.05) is 0 Å². The summed E-state index contributed by atoms with van der Waals surface area (Å²) in [6.45, 7) is 1.12. The Morgan fingerprint density at radius 3 is 2.73 bits per heavy atom. The van der Waals surface area contributed by atoms with E-state index in [1.165, 1.54) is 13.0 Å². The molecule has 0 bridgehead atoms. The predicted octanol–water partition coefficient (Wildman–Crippen LogP) is 0.716. The molecule has 1 heterocycles. The quantitative estimate of drug-likeness (QED) is 0.732. The number of aliphatic imine (C=N–C) groups is 1. The van der Waals surface area contributed by atoms with Crippen LogP contribution < -0.4 is 10.0 Å². The maximum absolute atomic E-state index is 12.1. The number of fused-ring (bicyclic) bond motifs is 1. The van der Waals surface area contributed by atoms with Gasteiger partial charge in [-0.2, -0.15) is 0 Å². The van der Waals surface area contributed by atoms with Crippen molar-refractivity contribution < 1.29 is 22.7 Å². The molecule has 1 aliphatic heterocycles. The minimum Gasteiger partial charge on any atom is -0.454 e. The molecule has 1 aromatic rings. The van der Waals surface area contributed by atoms with E-state index in [4.69, 9.17) is 4.74 Å². The van der Waals surface area contributed by atoms with Crippen molar-refractivity contribution in [3.05, 3.63) is 29.8 Å². The zero-order valence-electron chi connectivity index (χ0n) is 14.4. The lowest BCUT2D eigenvalue weighted by atomic mass is 10.2. The van der Waals surface area contributed by atoms with Gasteiger partial charge in [0.05, 0.1) is 4.90 Å². The monoisotopic (exact) mass is 379 g/mol. The Labute approximate surface area is 152 Å². The lowest BCUT2D eigenvalue weighted by molar-refractivity contribution is -0.149. The number of hydrogen-bond acceptors (Lipinski definition) is 6. The highest BCUT2D eigenvalue weighted by molar-refractivity contribution is 7.90. The van der Waals surface area contributed by atoms with Crippen molar-refractivity contribution in [2.75, 3.05) is 6.61 Å². The molecule has 2 aliphatic rings. The fourth-order valence-corrected chi connectivity index (χ4v) is 4.31. The van der Waals surface area contributed by atoms with Crippen molar-refractivity contribution in [2.24, 2.45) is 4.99 Å². The molecule has 3 rings (SSSR count). The van der Waals surface area contributed by atoms with E-state index in [0.29, 0.717) is 5.56 Å². The maximum Gasteiger partial charge on any atom is 0.331 e. The Hall–Kier alpha value is -2.42. The van der Waals surface area contributed by atoms with Gasteiger partial charge in [0, 0.05) is 11.6 Å². The molecule has 1 fully saturated rings. The molecule has 0 spiro atoms. The Bertz CT molecular complexity index is 844. The largest absolute Gasteiger partial charge is 0.454 e. The molecule has 9 heteroatoms. The first kappa shape index (κ1) is 18.4. The summed E-state index contributed by atoms with van der Waals surface area (Å²) in [7, 11) is -3.66. The van der Waals surface area contributed by atoms with E-state index >= 15 is 0 Å². The van der Waals surface area contributed by atoms with Crippen molar-refractivity contribution in [1.29, 1.82) is 0 Å². The van der Waals surface area contributed by atoms with Gasteiger partial charge in [0.2, 0.25) is 0 Å². The van der Waals surface area contributed by atoms with Crippen LogP contribution >= 0.6 is 0 Å². The zero-order chi connectivity index (χ0) is 18.7. The van der Waals surface area contributed by atoms with E-state index in [9.17, 15) is 18.0 Å². The third-order valence-corrected chi connectivity index (χ3v) is 5.79. The van der Waals surface area contributed by atoms with Crippen LogP contribution in [0.25, 0.3) is 0 Å². The summed E-state index contributed by atoms with van der Waals surface area (Å²) in [4.78, 5) is 28.1. The first-order valence-electron chi connectivity index (χ1n) is 8.53. The van der Waals surface area contributed by atoms with Gasteiger partial charge in [-0.3, -0.25) is 14.5 Å². The van der Waals surface area contributed by atoms with Gasteiger partial charge >= 0.3 is 5.97 Å². The van der Waals surface area contributed by atoms with Crippen LogP contribution in [-0.4, -0.2) is 44.8 Å². The number of hydrogen-bond donors (Lipinski definition) is 2. The first-order valence-corrected chi connectivity index (χ1v) is 10.0. The minimum absolute atomic E-state index is 0.0976. The molecule has 1 aromatic carbocycles. The maximum atomic E-state index is 12.1. The van der Waals surface area contributed by atoms with Gasteiger partial charge in [-0.05, 0) is 31.9 Å². The minimum atomic E-state index is -3.66. The Kier molecular flexibility index (Phi) is 5.26. The van der Waals surface area contributed by atoms with Crippen LogP contribution in [0.15, 0.2) is 34.2 Å². The summed E-state index contributed by atoms with van der Waals surface area (Å²) >= 11 is 0. The van der Waals surface area contributed by atoms with E-state index < -0.39 is 22.0 Å². The lowest BCUT2D eigenvalue weighted by Crippen LogP contribution is -2.36. The smallest absolute Gasteiger partial charge is 0.331 e. The van der Waals surface area contributed by atoms with Gasteiger partial charge < -0.3 is 10.1 Å². The highest BCUT2D eigenvalue weighted by Crippen LogP contribution is 2.22. The first-order chi connectivity index (χ1) is 12.4. The van der Waals surface area contributed by atoms with Gasteiger partial charge in [0.15, 0.2) is 6.61 Å². The zero-order valence-corrected chi connectivity index (χ0v) is 15.2. The fraction of sp³-hybridized carbons (Fsp3) is 0.471.